The first-order chi connectivity index (χ1) is 13.9. The molecule has 0 saturated carbocycles. The molecule has 0 aromatic carbocycles. The van der Waals surface area contributed by atoms with E-state index in [1.165, 1.54) is 148 Å². The highest BCUT2D eigenvalue weighted by atomic mass is 14.0. The molecule has 0 unspecified atom stereocenters. The molecule has 0 saturated heterocycles. The third-order valence-electron chi connectivity index (χ3n) is 5.92. The van der Waals surface area contributed by atoms with Crippen LogP contribution in [0.5, 0.6) is 0 Å². The van der Waals surface area contributed by atoms with Crippen molar-refractivity contribution >= 4 is 0 Å². The Labute approximate surface area is 179 Å². The molecule has 0 atom stereocenters. The molecule has 28 heavy (non-hydrogen) atoms. The van der Waals surface area contributed by atoms with E-state index in [9.17, 15) is 0 Å². The molecule has 0 bridgehead atoms. The van der Waals surface area contributed by atoms with E-state index in [2.05, 4.69) is 25.7 Å². The van der Waals surface area contributed by atoms with E-state index in [-0.39, 0.29) is 0 Å². The van der Waals surface area contributed by atoms with E-state index in [0.717, 1.165) is 0 Å². The highest BCUT2D eigenvalue weighted by Crippen LogP contribution is 2.14. The summed E-state index contributed by atoms with van der Waals surface area (Å²) >= 11 is 0. The molecular weight excluding hydrogens is 336 g/mol. The Hall–Kier alpha value is -0.520. The quantitative estimate of drug-likeness (QED) is 0.113. The summed E-state index contributed by atoms with van der Waals surface area (Å²) in [4.78, 5) is 0. The molecule has 0 spiro atoms. The Kier molecular flexibility index (Phi) is 26.0. The van der Waals surface area contributed by atoms with Crippen molar-refractivity contribution in [2.45, 2.75) is 155 Å². The van der Waals surface area contributed by atoms with Crippen LogP contribution in [0.4, 0.5) is 0 Å². The zero-order chi connectivity index (χ0) is 20.4. The number of unbranched alkanes of at least 4 members (excludes halogenated alkanes) is 21. The number of hydrogen-bond donors (Lipinski definition) is 0. The SMILES string of the molecule is C=CCCCCCCC=CCCCCCCCCCCCCCCCCCC. The predicted molar refractivity (Wildman–Crippen MR) is 131 cm³/mol. The lowest BCUT2D eigenvalue weighted by Crippen LogP contribution is -1.83. The fourth-order valence-corrected chi connectivity index (χ4v) is 3.95. The molecule has 0 nitrogen and oxygen atoms in total. The van der Waals surface area contributed by atoms with Crippen LogP contribution in [0.2, 0.25) is 0 Å². The minimum atomic E-state index is 1.19. The first-order valence-corrected chi connectivity index (χ1v) is 13.2. The van der Waals surface area contributed by atoms with Crippen molar-refractivity contribution in [2.75, 3.05) is 0 Å². The number of hydrogen-bond acceptors (Lipinski definition) is 0. The lowest BCUT2D eigenvalue weighted by atomic mass is 10.0. The van der Waals surface area contributed by atoms with Crippen molar-refractivity contribution in [3.05, 3.63) is 24.8 Å². The molecule has 0 rings (SSSR count). The van der Waals surface area contributed by atoms with Gasteiger partial charge in [-0.05, 0) is 38.5 Å². The van der Waals surface area contributed by atoms with Crippen LogP contribution in [0.15, 0.2) is 24.8 Å². The van der Waals surface area contributed by atoms with E-state index in [1.54, 1.807) is 0 Å². The third-order valence-corrected chi connectivity index (χ3v) is 5.92. The van der Waals surface area contributed by atoms with Gasteiger partial charge in [-0.3, -0.25) is 0 Å². The fraction of sp³-hybridized carbons (Fsp3) is 0.857. The smallest absolute Gasteiger partial charge is 0.0351 e. The number of rotatable bonds is 24. The van der Waals surface area contributed by atoms with Crippen LogP contribution in [0.1, 0.15) is 155 Å². The van der Waals surface area contributed by atoms with Gasteiger partial charge in [0, 0.05) is 0 Å². The van der Waals surface area contributed by atoms with Crippen LogP contribution in [0, 0.1) is 0 Å². The molecule has 0 aliphatic heterocycles. The summed E-state index contributed by atoms with van der Waals surface area (Å²) in [5.74, 6) is 0. The van der Waals surface area contributed by atoms with E-state index in [4.69, 9.17) is 0 Å². The van der Waals surface area contributed by atoms with Gasteiger partial charge in [0.25, 0.3) is 0 Å². The summed E-state index contributed by atoms with van der Waals surface area (Å²) in [6, 6.07) is 0. The maximum Gasteiger partial charge on any atom is -0.0351 e. The average Bonchev–Trinajstić information content (AvgIpc) is 2.71. The molecule has 0 aliphatic rings. The second-order valence-electron chi connectivity index (χ2n) is 8.84. The van der Waals surface area contributed by atoms with Crippen molar-refractivity contribution in [3.8, 4) is 0 Å². The summed E-state index contributed by atoms with van der Waals surface area (Å²) < 4.78 is 0. The van der Waals surface area contributed by atoms with Crippen LogP contribution in [-0.4, -0.2) is 0 Å². The maximum atomic E-state index is 3.78. The van der Waals surface area contributed by atoms with Crippen LogP contribution >= 0.6 is 0 Å². The van der Waals surface area contributed by atoms with Gasteiger partial charge in [0.1, 0.15) is 0 Å². The number of allylic oxidation sites excluding steroid dienone is 3. The van der Waals surface area contributed by atoms with Crippen molar-refractivity contribution in [1.29, 1.82) is 0 Å². The monoisotopic (exact) mass is 390 g/mol. The van der Waals surface area contributed by atoms with Crippen LogP contribution in [0.25, 0.3) is 0 Å². The highest BCUT2D eigenvalue weighted by Gasteiger charge is 1.94. The van der Waals surface area contributed by atoms with E-state index < -0.39 is 0 Å². The summed E-state index contributed by atoms with van der Waals surface area (Å²) in [5, 5.41) is 0. The minimum absolute atomic E-state index is 1.19. The van der Waals surface area contributed by atoms with Crippen LogP contribution in [0.3, 0.4) is 0 Å². The van der Waals surface area contributed by atoms with Crippen LogP contribution in [-0.2, 0) is 0 Å². The minimum Gasteiger partial charge on any atom is -0.103 e. The summed E-state index contributed by atoms with van der Waals surface area (Å²) in [6.45, 7) is 6.08. The van der Waals surface area contributed by atoms with Crippen molar-refractivity contribution < 1.29 is 0 Å². The lowest BCUT2D eigenvalue weighted by Gasteiger charge is -2.03. The summed E-state index contributed by atoms with van der Waals surface area (Å²) in [7, 11) is 0. The molecule has 0 heterocycles. The standard InChI is InChI=1S/C28H54/c1-3-5-7-9-11-13-15-17-19-21-23-25-27-28-26-24-22-20-18-16-14-12-10-8-6-4-2/h3,17,19H,1,4-16,18,20-28H2,2H3. The summed E-state index contributed by atoms with van der Waals surface area (Å²) in [6.07, 6.45) is 39.4. The molecule has 0 radical (unpaired) electrons. The van der Waals surface area contributed by atoms with Crippen molar-refractivity contribution in [3.63, 3.8) is 0 Å². The van der Waals surface area contributed by atoms with Gasteiger partial charge in [0.2, 0.25) is 0 Å². The third kappa shape index (κ3) is 25.5. The Bertz CT molecular complexity index is 301. The molecule has 166 valence electrons. The zero-order valence-corrected chi connectivity index (χ0v) is 19.7. The largest absolute Gasteiger partial charge is 0.103 e. The van der Waals surface area contributed by atoms with Gasteiger partial charge in [-0.2, -0.15) is 0 Å². The average molecular weight is 391 g/mol. The lowest BCUT2D eigenvalue weighted by molar-refractivity contribution is 0.530. The maximum absolute atomic E-state index is 3.78. The van der Waals surface area contributed by atoms with Crippen molar-refractivity contribution in [1.82, 2.24) is 0 Å². The molecule has 0 aliphatic carbocycles. The first kappa shape index (κ1) is 27.5. The summed E-state index contributed by atoms with van der Waals surface area (Å²) in [5.41, 5.74) is 0. The Morgan fingerprint density at radius 1 is 0.393 bits per heavy atom. The zero-order valence-electron chi connectivity index (χ0n) is 19.7. The molecule has 0 aromatic heterocycles. The van der Waals surface area contributed by atoms with Crippen LogP contribution < -0.4 is 0 Å². The van der Waals surface area contributed by atoms with Crippen molar-refractivity contribution in [2.24, 2.45) is 0 Å². The van der Waals surface area contributed by atoms with Gasteiger partial charge in [-0.1, -0.05) is 134 Å². The topological polar surface area (TPSA) is 0 Å². The van der Waals surface area contributed by atoms with E-state index in [1.807, 2.05) is 6.08 Å². The normalized spacial score (nSPS) is 11.5. The second-order valence-corrected chi connectivity index (χ2v) is 8.84. The van der Waals surface area contributed by atoms with Gasteiger partial charge >= 0.3 is 0 Å². The molecule has 0 N–H and O–H groups in total. The van der Waals surface area contributed by atoms with Gasteiger partial charge in [0.05, 0.1) is 0 Å². The van der Waals surface area contributed by atoms with E-state index in [0.29, 0.717) is 0 Å². The van der Waals surface area contributed by atoms with Gasteiger partial charge in [0.15, 0.2) is 0 Å². The van der Waals surface area contributed by atoms with Gasteiger partial charge < -0.3 is 0 Å². The first-order valence-electron chi connectivity index (χ1n) is 13.2. The Balaban J connectivity index is 3.04. The van der Waals surface area contributed by atoms with Gasteiger partial charge in [-0.25, -0.2) is 0 Å². The molecule has 0 aromatic rings. The second kappa shape index (κ2) is 26.5. The van der Waals surface area contributed by atoms with E-state index >= 15 is 0 Å². The molecular formula is C28H54. The Morgan fingerprint density at radius 3 is 1.00 bits per heavy atom. The Morgan fingerprint density at radius 2 is 0.679 bits per heavy atom. The molecule has 0 amide bonds. The fourth-order valence-electron chi connectivity index (χ4n) is 3.95. The highest BCUT2D eigenvalue weighted by molar-refractivity contribution is 4.81. The molecule has 0 fully saturated rings. The molecule has 0 heteroatoms. The van der Waals surface area contributed by atoms with Gasteiger partial charge in [-0.15, -0.1) is 6.58 Å². The predicted octanol–water partition coefficient (Wildman–Crippen LogP) is 10.7.